The van der Waals surface area contributed by atoms with Gasteiger partial charge in [-0.1, -0.05) is 11.6 Å². The molecule has 0 unspecified atom stereocenters. The summed E-state index contributed by atoms with van der Waals surface area (Å²) in [6.45, 7) is 0. The molecule has 50 valence electrons. The Balaban J connectivity index is 3.31. The van der Waals surface area contributed by atoms with Crippen LogP contribution in [0, 0.1) is 11.3 Å². The lowest BCUT2D eigenvalue weighted by Crippen LogP contribution is -1.80. The molecule has 0 aliphatic carbocycles. The van der Waals surface area contributed by atoms with Crippen molar-refractivity contribution in [3.63, 3.8) is 0 Å². The molecule has 10 heavy (non-hydrogen) atoms. The zero-order valence-electron chi connectivity index (χ0n) is 4.81. The standard InChI is InChI=1S/C6H2BrClN2/c7-5-4(3-9)1-2-10-6(5)8/h1-2H. The number of nitrogens with zero attached hydrogens (tertiary/aromatic N) is 2. The first-order valence-corrected chi connectivity index (χ1v) is 3.63. The summed E-state index contributed by atoms with van der Waals surface area (Å²) in [5, 5.41) is 8.80. The van der Waals surface area contributed by atoms with Gasteiger partial charge in [-0.05, 0) is 22.0 Å². The smallest absolute Gasteiger partial charge is 0.144 e. The molecular weight excluding hydrogens is 215 g/mol. The maximum Gasteiger partial charge on any atom is 0.144 e. The van der Waals surface area contributed by atoms with Crippen molar-refractivity contribution in [3.05, 3.63) is 27.5 Å². The van der Waals surface area contributed by atoms with E-state index in [9.17, 15) is 0 Å². The number of halogens is 2. The Labute approximate surface area is 71.6 Å². The van der Waals surface area contributed by atoms with Crippen LogP contribution < -0.4 is 0 Å². The SMILES string of the molecule is N#Cc1ccnc(Cl)c1Br. The number of pyridine rings is 1. The maximum absolute atomic E-state index is 8.48. The molecule has 0 radical (unpaired) electrons. The van der Waals surface area contributed by atoms with Crippen LogP contribution in [0.1, 0.15) is 5.56 Å². The first-order chi connectivity index (χ1) is 4.75. The fourth-order valence-electron chi connectivity index (χ4n) is 0.505. The van der Waals surface area contributed by atoms with Crippen molar-refractivity contribution in [1.82, 2.24) is 4.98 Å². The second-order valence-electron chi connectivity index (χ2n) is 1.58. The minimum atomic E-state index is 0.319. The summed E-state index contributed by atoms with van der Waals surface area (Å²) < 4.78 is 0.555. The fraction of sp³-hybridized carbons (Fsp3) is 0. The Kier molecular flexibility index (Phi) is 2.25. The highest BCUT2D eigenvalue weighted by molar-refractivity contribution is 9.10. The third kappa shape index (κ3) is 1.28. The third-order valence-corrected chi connectivity index (χ3v) is 2.28. The molecular formula is C6H2BrClN2. The van der Waals surface area contributed by atoms with Crippen LogP contribution in [-0.4, -0.2) is 4.98 Å². The molecule has 0 fully saturated rings. The third-order valence-electron chi connectivity index (χ3n) is 0.967. The van der Waals surface area contributed by atoms with Gasteiger partial charge in [0, 0.05) is 6.20 Å². The largest absolute Gasteiger partial charge is 0.243 e. The summed E-state index contributed by atoms with van der Waals surface area (Å²) >= 11 is 8.71. The lowest BCUT2D eigenvalue weighted by Gasteiger charge is -1.93. The van der Waals surface area contributed by atoms with E-state index in [0.717, 1.165) is 0 Å². The summed E-state index contributed by atoms with van der Waals surface area (Å²) in [4.78, 5) is 3.75. The Morgan fingerprint density at radius 2 is 2.40 bits per heavy atom. The van der Waals surface area contributed by atoms with Crippen molar-refractivity contribution < 1.29 is 0 Å². The van der Waals surface area contributed by atoms with Crippen molar-refractivity contribution in [2.75, 3.05) is 0 Å². The van der Waals surface area contributed by atoms with E-state index in [2.05, 4.69) is 20.9 Å². The van der Waals surface area contributed by atoms with Crippen LogP contribution in [0.5, 0.6) is 0 Å². The van der Waals surface area contributed by atoms with Gasteiger partial charge in [0.05, 0.1) is 10.0 Å². The van der Waals surface area contributed by atoms with Crippen molar-refractivity contribution in [2.45, 2.75) is 0 Å². The van der Waals surface area contributed by atoms with Gasteiger partial charge >= 0.3 is 0 Å². The topological polar surface area (TPSA) is 36.7 Å². The van der Waals surface area contributed by atoms with Crippen LogP contribution in [0.3, 0.4) is 0 Å². The molecule has 0 spiro atoms. The minimum Gasteiger partial charge on any atom is -0.243 e. The van der Waals surface area contributed by atoms with E-state index in [-0.39, 0.29) is 0 Å². The average molecular weight is 217 g/mol. The van der Waals surface area contributed by atoms with Crippen LogP contribution in [-0.2, 0) is 0 Å². The van der Waals surface area contributed by atoms with Crippen LogP contribution >= 0.6 is 27.5 Å². The number of rotatable bonds is 0. The number of hydrogen-bond donors (Lipinski definition) is 0. The Bertz CT molecular complexity index is 292. The van der Waals surface area contributed by atoms with Crippen LogP contribution in [0.15, 0.2) is 16.7 Å². The molecule has 1 aromatic rings. The second-order valence-corrected chi connectivity index (χ2v) is 2.73. The second kappa shape index (κ2) is 3.00. The van der Waals surface area contributed by atoms with Gasteiger partial charge in [0.1, 0.15) is 11.2 Å². The lowest BCUT2D eigenvalue weighted by molar-refractivity contribution is 1.29. The predicted octanol–water partition coefficient (Wildman–Crippen LogP) is 2.37. The fourth-order valence-corrected chi connectivity index (χ4v) is 0.986. The molecule has 0 saturated carbocycles. The number of nitriles is 1. The highest BCUT2D eigenvalue weighted by Crippen LogP contribution is 2.22. The van der Waals surface area contributed by atoms with Gasteiger partial charge in [0.15, 0.2) is 0 Å². The van der Waals surface area contributed by atoms with E-state index in [1.54, 1.807) is 6.07 Å². The van der Waals surface area contributed by atoms with Crippen molar-refractivity contribution in [3.8, 4) is 6.07 Å². The molecule has 0 atom stereocenters. The molecule has 0 saturated heterocycles. The molecule has 1 heterocycles. The minimum absolute atomic E-state index is 0.319. The summed E-state index contributed by atoms with van der Waals surface area (Å²) in [6, 6.07) is 3.56. The Morgan fingerprint density at radius 3 is 2.90 bits per heavy atom. The van der Waals surface area contributed by atoms with Gasteiger partial charge in [-0.3, -0.25) is 0 Å². The zero-order chi connectivity index (χ0) is 7.56. The van der Waals surface area contributed by atoms with E-state index in [4.69, 9.17) is 16.9 Å². The van der Waals surface area contributed by atoms with Gasteiger partial charge in [-0.15, -0.1) is 0 Å². The van der Waals surface area contributed by atoms with Gasteiger partial charge in [-0.2, -0.15) is 5.26 Å². The predicted molar refractivity (Wildman–Crippen MR) is 41.7 cm³/mol. The monoisotopic (exact) mass is 216 g/mol. The first-order valence-electron chi connectivity index (χ1n) is 2.46. The van der Waals surface area contributed by atoms with Gasteiger partial charge in [0.25, 0.3) is 0 Å². The Morgan fingerprint density at radius 1 is 1.70 bits per heavy atom. The molecule has 0 aliphatic rings. The molecule has 1 rings (SSSR count). The first kappa shape index (κ1) is 7.52. The highest BCUT2D eigenvalue weighted by atomic mass is 79.9. The number of hydrogen-bond acceptors (Lipinski definition) is 2. The van der Waals surface area contributed by atoms with E-state index in [0.29, 0.717) is 15.2 Å². The molecule has 0 aromatic carbocycles. The van der Waals surface area contributed by atoms with Crippen LogP contribution in [0.4, 0.5) is 0 Å². The molecule has 0 amide bonds. The molecule has 4 heteroatoms. The van der Waals surface area contributed by atoms with Crippen molar-refractivity contribution in [2.24, 2.45) is 0 Å². The van der Waals surface area contributed by atoms with Gasteiger partial charge in [0.2, 0.25) is 0 Å². The summed E-state index contributed by atoms with van der Waals surface area (Å²) in [5.74, 6) is 0. The molecule has 0 aliphatic heterocycles. The average Bonchev–Trinajstić information content (AvgIpc) is 1.95. The zero-order valence-corrected chi connectivity index (χ0v) is 7.15. The van der Waals surface area contributed by atoms with Crippen molar-refractivity contribution >= 4 is 27.5 Å². The van der Waals surface area contributed by atoms with Crippen LogP contribution in [0.2, 0.25) is 5.15 Å². The molecule has 0 N–H and O–H groups in total. The summed E-state index contributed by atoms with van der Waals surface area (Å²) in [5.41, 5.74) is 0.500. The maximum atomic E-state index is 8.48. The van der Waals surface area contributed by atoms with Gasteiger partial charge in [-0.25, -0.2) is 4.98 Å². The van der Waals surface area contributed by atoms with E-state index in [1.807, 2.05) is 6.07 Å². The van der Waals surface area contributed by atoms with E-state index >= 15 is 0 Å². The molecule has 2 nitrogen and oxygen atoms in total. The molecule has 1 aromatic heterocycles. The van der Waals surface area contributed by atoms with E-state index < -0.39 is 0 Å². The highest BCUT2D eigenvalue weighted by Gasteiger charge is 2.01. The lowest BCUT2D eigenvalue weighted by atomic mass is 10.3. The Hall–Kier alpha value is -0.590. The van der Waals surface area contributed by atoms with Crippen molar-refractivity contribution in [1.29, 1.82) is 5.26 Å². The van der Waals surface area contributed by atoms with Crippen LogP contribution in [0.25, 0.3) is 0 Å². The summed E-state index contributed by atoms with van der Waals surface area (Å²) in [6.07, 6.45) is 1.49. The van der Waals surface area contributed by atoms with E-state index in [1.165, 1.54) is 6.20 Å². The summed E-state index contributed by atoms with van der Waals surface area (Å²) in [7, 11) is 0. The quantitative estimate of drug-likeness (QED) is 0.626. The van der Waals surface area contributed by atoms with Gasteiger partial charge < -0.3 is 0 Å². The normalized spacial score (nSPS) is 8.90. The number of aromatic nitrogens is 1. The molecule has 0 bridgehead atoms.